The number of rotatable bonds is 5. The molecule has 14 heavy (non-hydrogen) atoms. The highest BCUT2D eigenvalue weighted by molar-refractivity contribution is 5.39. The number of allylic oxidation sites excluding steroid dienone is 6. The van der Waals surface area contributed by atoms with Gasteiger partial charge in [0.25, 0.3) is 0 Å². The Labute approximate surface area is 87.7 Å². The maximum atomic E-state index is 5.53. The molecule has 0 heterocycles. The van der Waals surface area contributed by atoms with E-state index in [0.29, 0.717) is 0 Å². The monoisotopic (exact) mass is 191 g/mol. The summed E-state index contributed by atoms with van der Waals surface area (Å²) in [5.41, 5.74) is 9.37. The predicted octanol–water partition coefficient (Wildman–Crippen LogP) is 3.71. The van der Waals surface area contributed by atoms with E-state index in [1.807, 2.05) is 6.08 Å². The summed E-state index contributed by atoms with van der Waals surface area (Å²) >= 11 is 0. The van der Waals surface area contributed by atoms with Crippen molar-refractivity contribution >= 4 is 0 Å². The summed E-state index contributed by atoms with van der Waals surface area (Å²) in [6.07, 6.45) is 9.60. The van der Waals surface area contributed by atoms with Crippen molar-refractivity contribution in [2.24, 2.45) is 5.73 Å². The van der Waals surface area contributed by atoms with Crippen LogP contribution in [0.4, 0.5) is 0 Å². The summed E-state index contributed by atoms with van der Waals surface area (Å²) in [5, 5.41) is 0. The van der Waals surface area contributed by atoms with Crippen LogP contribution < -0.4 is 5.73 Å². The first-order valence-electron chi connectivity index (χ1n) is 5.11. The van der Waals surface area contributed by atoms with E-state index in [-0.39, 0.29) is 0 Å². The van der Waals surface area contributed by atoms with Gasteiger partial charge in [0.2, 0.25) is 0 Å². The third-order valence-electron chi connectivity index (χ3n) is 2.28. The summed E-state index contributed by atoms with van der Waals surface area (Å²) in [5.74, 6) is 0. The lowest BCUT2D eigenvalue weighted by Crippen LogP contribution is -1.93. The van der Waals surface area contributed by atoms with Crippen LogP contribution in [0.2, 0.25) is 0 Å². The Bertz CT molecular complexity index is 267. The Kier molecular flexibility index (Phi) is 6.55. The van der Waals surface area contributed by atoms with Crippen molar-refractivity contribution in [3.8, 4) is 0 Å². The molecule has 0 atom stereocenters. The minimum absolute atomic E-state index is 1.02. The van der Waals surface area contributed by atoms with Crippen molar-refractivity contribution in [2.45, 2.75) is 33.6 Å². The fourth-order valence-electron chi connectivity index (χ4n) is 1.48. The van der Waals surface area contributed by atoms with Gasteiger partial charge in [-0.1, -0.05) is 38.7 Å². The molecule has 0 saturated heterocycles. The Balaban J connectivity index is 5.10. The van der Waals surface area contributed by atoms with Crippen LogP contribution in [-0.2, 0) is 0 Å². The minimum Gasteiger partial charge on any atom is -0.404 e. The van der Waals surface area contributed by atoms with Crippen molar-refractivity contribution in [2.75, 3.05) is 0 Å². The quantitative estimate of drug-likeness (QED) is 0.659. The van der Waals surface area contributed by atoms with Gasteiger partial charge in [0, 0.05) is 0 Å². The Hall–Kier alpha value is -1.24. The highest BCUT2D eigenvalue weighted by Gasteiger charge is 2.01. The summed E-state index contributed by atoms with van der Waals surface area (Å²) in [7, 11) is 0. The topological polar surface area (TPSA) is 26.0 Å². The lowest BCUT2D eigenvalue weighted by Gasteiger charge is -2.09. The molecule has 0 aromatic heterocycles. The zero-order valence-electron chi connectivity index (χ0n) is 9.51. The SMILES string of the molecule is C=C\C=C/C(CC)=C(CC)/C(C)=C\N. The summed E-state index contributed by atoms with van der Waals surface area (Å²) < 4.78 is 0. The molecule has 78 valence electrons. The van der Waals surface area contributed by atoms with E-state index in [1.54, 1.807) is 12.3 Å². The third kappa shape index (κ3) is 3.65. The van der Waals surface area contributed by atoms with Crippen LogP contribution in [0.15, 0.2) is 47.7 Å². The van der Waals surface area contributed by atoms with Gasteiger partial charge >= 0.3 is 0 Å². The van der Waals surface area contributed by atoms with Crippen LogP contribution in [-0.4, -0.2) is 0 Å². The van der Waals surface area contributed by atoms with Gasteiger partial charge in [-0.2, -0.15) is 0 Å². The third-order valence-corrected chi connectivity index (χ3v) is 2.28. The molecule has 1 heteroatoms. The van der Waals surface area contributed by atoms with E-state index in [1.165, 1.54) is 11.1 Å². The standard InChI is InChI=1S/C13H21N/c1-5-8-9-12(6-2)13(7-3)11(4)10-14/h5,8-10H,1,6-7,14H2,2-4H3/b9-8-,11-10-,13-12+. The molecule has 0 aliphatic heterocycles. The summed E-state index contributed by atoms with van der Waals surface area (Å²) in [6.45, 7) is 10.0. The Morgan fingerprint density at radius 3 is 2.29 bits per heavy atom. The first kappa shape index (κ1) is 12.8. The van der Waals surface area contributed by atoms with Gasteiger partial charge in [-0.05, 0) is 42.7 Å². The largest absolute Gasteiger partial charge is 0.404 e. The molecule has 0 aliphatic rings. The van der Waals surface area contributed by atoms with E-state index >= 15 is 0 Å². The zero-order valence-corrected chi connectivity index (χ0v) is 9.51. The molecule has 0 aromatic carbocycles. The summed E-state index contributed by atoms with van der Waals surface area (Å²) in [4.78, 5) is 0. The van der Waals surface area contributed by atoms with Crippen molar-refractivity contribution in [3.63, 3.8) is 0 Å². The van der Waals surface area contributed by atoms with Gasteiger partial charge in [-0.25, -0.2) is 0 Å². The van der Waals surface area contributed by atoms with E-state index in [9.17, 15) is 0 Å². The fraction of sp³-hybridized carbons (Fsp3) is 0.385. The van der Waals surface area contributed by atoms with Crippen molar-refractivity contribution in [1.82, 2.24) is 0 Å². The molecule has 0 spiro atoms. The highest BCUT2D eigenvalue weighted by Crippen LogP contribution is 2.20. The molecule has 0 bridgehead atoms. The lowest BCUT2D eigenvalue weighted by atomic mass is 9.97. The average Bonchev–Trinajstić information content (AvgIpc) is 2.23. The molecule has 0 aliphatic carbocycles. The van der Waals surface area contributed by atoms with E-state index < -0.39 is 0 Å². The molecule has 0 rings (SSSR count). The van der Waals surface area contributed by atoms with E-state index in [4.69, 9.17) is 5.73 Å². The average molecular weight is 191 g/mol. The van der Waals surface area contributed by atoms with E-state index in [0.717, 1.165) is 18.4 Å². The summed E-state index contributed by atoms with van der Waals surface area (Å²) in [6, 6.07) is 0. The van der Waals surface area contributed by atoms with Crippen LogP contribution in [0.1, 0.15) is 33.6 Å². The molecule has 1 nitrogen and oxygen atoms in total. The van der Waals surface area contributed by atoms with Crippen molar-refractivity contribution in [3.05, 3.63) is 47.7 Å². The smallest absolute Gasteiger partial charge is 0.00297 e. The van der Waals surface area contributed by atoms with Gasteiger partial charge in [0.15, 0.2) is 0 Å². The molecular weight excluding hydrogens is 170 g/mol. The normalized spacial score (nSPS) is 14.4. The lowest BCUT2D eigenvalue weighted by molar-refractivity contribution is 1.02. The molecule has 0 radical (unpaired) electrons. The second-order valence-electron chi connectivity index (χ2n) is 3.16. The number of nitrogens with two attached hydrogens (primary N) is 1. The Morgan fingerprint density at radius 1 is 1.29 bits per heavy atom. The van der Waals surface area contributed by atoms with E-state index in [2.05, 4.69) is 33.4 Å². The predicted molar refractivity (Wildman–Crippen MR) is 64.9 cm³/mol. The second-order valence-corrected chi connectivity index (χ2v) is 3.16. The molecular formula is C13H21N. The minimum atomic E-state index is 1.02. The van der Waals surface area contributed by atoms with Gasteiger partial charge in [-0.3, -0.25) is 0 Å². The number of hydrogen-bond acceptors (Lipinski definition) is 1. The van der Waals surface area contributed by atoms with Crippen LogP contribution in [0, 0.1) is 0 Å². The van der Waals surface area contributed by atoms with Gasteiger partial charge in [0.05, 0.1) is 0 Å². The number of hydrogen-bond donors (Lipinski definition) is 1. The van der Waals surface area contributed by atoms with Crippen LogP contribution in [0.25, 0.3) is 0 Å². The highest BCUT2D eigenvalue weighted by atomic mass is 14.5. The van der Waals surface area contributed by atoms with Gasteiger partial charge < -0.3 is 5.73 Å². The van der Waals surface area contributed by atoms with Crippen LogP contribution >= 0.6 is 0 Å². The maximum absolute atomic E-state index is 5.53. The van der Waals surface area contributed by atoms with Gasteiger partial charge in [-0.15, -0.1) is 0 Å². The first-order chi connectivity index (χ1) is 6.71. The molecule has 0 amide bonds. The van der Waals surface area contributed by atoms with Crippen LogP contribution in [0.5, 0.6) is 0 Å². The van der Waals surface area contributed by atoms with Crippen molar-refractivity contribution in [1.29, 1.82) is 0 Å². The fourth-order valence-corrected chi connectivity index (χ4v) is 1.48. The Morgan fingerprint density at radius 2 is 1.93 bits per heavy atom. The molecule has 0 unspecified atom stereocenters. The maximum Gasteiger partial charge on any atom is -0.00297 e. The molecule has 0 aromatic rings. The molecule has 0 saturated carbocycles. The van der Waals surface area contributed by atoms with Gasteiger partial charge in [0.1, 0.15) is 0 Å². The first-order valence-corrected chi connectivity index (χ1v) is 5.11. The van der Waals surface area contributed by atoms with Crippen LogP contribution in [0.3, 0.4) is 0 Å². The molecule has 2 N–H and O–H groups in total. The second kappa shape index (κ2) is 7.19. The van der Waals surface area contributed by atoms with Crippen molar-refractivity contribution < 1.29 is 0 Å². The molecule has 0 fully saturated rings. The zero-order chi connectivity index (χ0) is 11.0.